The van der Waals surface area contributed by atoms with Crippen LogP contribution in [0.25, 0.3) is 44.4 Å². The van der Waals surface area contributed by atoms with E-state index >= 15 is 0 Å². The second kappa shape index (κ2) is 18.9. The normalized spacial score (nSPS) is 18.3. The summed E-state index contributed by atoms with van der Waals surface area (Å²) >= 11 is 0. The molecule has 0 unspecified atom stereocenters. The quantitative estimate of drug-likeness (QED) is 0.109. The van der Waals surface area contributed by atoms with Gasteiger partial charge in [-0.05, 0) is 95.5 Å². The zero-order valence-electron chi connectivity index (χ0n) is 38.3. The minimum Gasteiger partial charge on any atom is -0.453 e. The van der Waals surface area contributed by atoms with Gasteiger partial charge in [0.05, 0.1) is 43.0 Å². The van der Waals surface area contributed by atoms with Crippen molar-refractivity contribution in [1.82, 2.24) is 40.0 Å². The van der Waals surface area contributed by atoms with Gasteiger partial charge < -0.3 is 39.5 Å². The third-order valence-electron chi connectivity index (χ3n) is 13.6. The second-order valence-corrected chi connectivity index (χ2v) is 18.4. The van der Waals surface area contributed by atoms with Crippen LogP contribution in [-0.2, 0) is 19.1 Å². The number of fused-ring (bicyclic) bond motifs is 1. The van der Waals surface area contributed by atoms with E-state index < -0.39 is 24.3 Å². The Labute approximate surface area is 385 Å². The highest BCUT2D eigenvalue weighted by Gasteiger charge is 2.39. The predicted octanol–water partition coefficient (Wildman–Crippen LogP) is 9.70. The minimum atomic E-state index is -1.06. The van der Waals surface area contributed by atoms with Crippen LogP contribution in [0.2, 0.25) is 0 Å². The number of carbonyl (C=O) groups is 4. The summed E-state index contributed by atoms with van der Waals surface area (Å²) in [5.41, 5.74) is 7.79. The second-order valence-electron chi connectivity index (χ2n) is 18.4. The van der Waals surface area contributed by atoms with Crippen LogP contribution < -0.4 is 5.32 Å². The molecule has 6 aromatic rings. The molecular formula is C52H58N8O6. The molecule has 2 aliphatic heterocycles. The van der Waals surface area contributed by atoms with Crippen molar-refractivity contribution in [2.75, 3.05) is 34.3 Å². The van der Waals surface area contributed by atoms with Crippen LogP contribution in [0, 0.1) is 5.92 Å². The van der Waals surface area contributed by atoms with Crippen molar-refractivity contribution in [2.45, 2.75) is 88.9 Å². The van der Waals surface area contributed by atoms with E-state index in [2.05, 4.69) is 88.1 Å². The summed E-state index contributed by atoms with van der Waals surface area (Å²) in [4.78, 5) is 74.2. The fourth-order valence-electron chi connectivity index (χ4n) is 9.55. The van der Waals surface area contributed by atoms with E-state index in [1.54, 1.807) is 19.0 Å². The first kappa shape index (κ1) is 44.3. The van der Waals surface area contributed by atoms with Crippen LogP contribution in [-0.4, -0.2) is 99.0 Å². The maximum atomic E-state index is 14.3. The first-order valence-corrected chi connectivity index (χ1v) is 23.1. The van der Waals surface area contributed by atoms with Crippen molar-refractivity contribution in [1.29, 1.82) is 0 Å². The molecular weight excluding hydrogens is 833 g/mol. The third kappa shape index (κ3) is 9.01. The molecule has 0 spiro atoms. The SMILES string of the molecule is COC(=O)N[C@H](C(=O)N1CCC[C@H]1c1ncc(-c2ccc3cc(-c4ccc(-c5cnc([C@@H]6CCCN6C(=O)[C@H](OC(=O)N(C)C)c6ccc(C7CCC7)cc6)[nH]5)cc4)ccc3c2)[nH]1)C(C)C. The molecule has 4 atom stereocenters. The monoisotopic (exact) mass is 890 g/mol. The number of carbonyl (C=O) groups excluding carboxylic acids is 4. The van der Waals surface area contributed by atoms with Gasteiger partial charge in [-0.2, -0.15) is 0 Å². The number of ether oxygens (including phenoxy) is 2. The van der Waals surface area contributed by atoms with Crippen molar-refractivity contribution in [3.63, 3.8) is 0 Å². The van der Waals surface area contributed by atoms with Crippen LogP contribution in [0.3, 0.4) is 0 Å². The molecule has 2 saturated heterocycles. The van der Waals surface area contributed by atoms with Crippen LogP contribution >= 0.6 is 0 Å². The van der Waals surface area contributed by atoms with Crippen molar-refractivity contribution >= 4 is 34.8 Å². The zero-order valence-corrected chi connectivity index (χ0v) is 38.3. The summed E-state index contributed by atoms with van der Waals surface area (Å²) in [5.74, 6) is 1.50. The number of aromatic nitrogens is 4. The average molecular weight is 891 g/mol. The number of amides is 4. The molecule has 1 aliphatic carbocycles. The standard InChI is InChI=1S/C52H58N8O6/c1-31(2)45(57-51(63)65-5)49(61)59-25-7-11-43(59)47-54-30-42(56-47)40-24-23-38-27-37(21-22-39(38)28-40)34-13-17-35(18-14-34)41-29-53-48(55-41)44-12-8-26-60(44)50(62)46(66-52(64)58(3)4)36-19-15-33(16-20-36)32-9-6-10-32/h13-24,27-32,43-46H,6-12,25-26H2,1-5H3,(H,53,55)(H,54,56)(H,57,63)/t43-,44-,45-,46+/m0/s1. The number of hydrogen-bond acceptors (Lipinski definition) is 8. The number of imidazole rings is 2. The number of H-pyrrole nitrogens is 2. The van der Waals surface area contributed by atoms with Crippen molar-refractivity contribution in [2.24, 2.45) is 5.92 Å². The van der Waals surface area contributed by atoms with Gasteiger partial charge in [-0.3, -0.25) is 9.59 Å². The summed E-state index contributed by atoms with van der Waals surface area (Å²) in [6.45, 7) is 4.95. The molecule has 4 aromatic carbocycles. The Bertz CT molecular complexity index is 2720. The molecule has 66 heavy (non-hydrogen) atoms. The summed E-state index contributed by atoms with van der Waals surface area (Å²) in [7, 11) is 4.53. The third-order valence-corrected chi connectivity index (χ3v) is 13.6. The molecule has 4 heterocycles. The highest BCUT2D eigenvalue weighted by molar-refractivity contribution is 5.91. The molecule has 2 aromatic heterocycles. The number of rotatable bonds is 12. The molecule has 3 aliphatic rings. The van der Waals surface area contributed by atoms with Gasteiger partial charge in [-0.25, -0.2) is 19.6 Å². The summed E-state index contributed by atoms with van der Waals surface area (Å²) < 4.78 is 10.6. The van der Waals surface area contributed by atoms with E-state index in [4.69, 9.17) is 19.4 Å². The summed E-state index contributed by atoms with van der Waals surface area (Å²) in [6, 6.07) is 28.0. The molecule has 14 heteroatoms. The van der Waals surface area contributed by atoms with Crippen LogP contribution in [0.15, 0.2) is 97.3 Å². The Morgan fingerprint density at radius 2 is 1.23 bits per heavy atom. The highest BCUT2D eigenvalue weighted by Crippen LogP contribution is 2.39. The fourth-order valence-corrected chi connectivity index (χ4v) is 9.55. The molecule has 0 bridgehead atoms. The number of hydrogen-bond donors (Lipinski definition) is 3. The Kier molecular flexibility index (Phi) is 12.7. The van der Waals surface area contributed by atoms with Gasteiger partial charge in [0.1, 0.15) is 17.7 Å². The van der Waals surface area contributed by atoms with Gasteiger partial charge in [-0.15, -0.1) is 0 Å². The summed E-state index contributed by atoms with van der Waals surface area (Å²) in [5, 5.41) is 4.90. The van der Waals surface area contributed by atoms with Crippen LogP contribution in [0.5, 0.6) is 0 Å². The number of likely N-dealkylation sites (tertiary alicyclic amines) is 2. The average Bonchev–Trinajstić information content (AvgIpc) is 4.16. The zero-order chi connectivity index (χ0) is 46.1. The Balaban J connectivity index is 0.868. The van der Waals surface area contributed by atoms with E-state index in [9.17, 15) is 19.2 Å². The highest BCUT2D eigenvalue weighted by atomic mass is 16.6. The molecule has 9 rings (SSSR count). The predicted molar refractivity (Wildman–Crippen MR) is 252 cm³/mol. The van der Waals surface area contributed by atoms with Crippen molar-refractivity contribution in [3.05, 3.63) is 120 Å². The number of nitrogens with one attached hydrogen (secondary N) is 3. The van der Waals surface area contributed by atoms with E-state index in [1.807, 2.05) is 43.3 Å². The first-order chi connectivity index (χ1) is 31.9. The van der Waals surface area contributed by atoms with E-state index in [-0.39, 0.29) is 29.8 Å². The molecule has 3 N–H and O–H groups in total. The molecule has 14 nitrogen and oxygen atoms in total. The maximum Gasteiger partial charge on any atom is 0.410 e. The van der Waals surface area contributed by atoms with Gasteiger partial charge in [-0.1, -0.05) is 93.1 Å². The molecule has 342 valence electrons. The lowest BCUT2D eigenvalue weighted by Crippen LogP contribution is -2.51. The number of nitrogens with zero attached hydrogens (tertiary/aromatic N) is 5. The lowest BCUT2D eigenvalue weighted by molar-refractivity contribution is -0.142. The van der Waals surface area contributed by atoms with Gasteiger partial charge >= 0.3 is 12.2 Å². The van der Waals surface area contributed by atoms with Crippen LogP contribution in [0.1, 0.15) is 106 Å². The van der Waals surface area contributed by atoms with E-state index in [0.29, 0.717) is 30.4 Å². The van der Waals surface area contributed by atoms with Gasteiger partial charge in [0.25, 0.3) is 5.91 Å². The first-order valence-electron chi connectivity index (χ1n) is 23.1. The van der Waals surface area contributed by atoms with Gasteiger partial charge in [0.2, 0.25) is 12.0 Å². The Morgan fingerprint density at radius 3 is 1.79 bits per heavy atom. The molecule has 1 saturated carbocycles. The smallest absolute Gasteiger partial charge is 0.410 e. The molecule has 0 radical (unpaired) electrons. The van der Waals surface area contributed by atoms with E-state index in [1.165, 1.54) is 36.8 Å². The topological polar surface area (TPSA) is 166 Å². The Morgan fingerprint density at radius 1 is 0.682 bits per heavy atom. The van der Waals surface area contributed by atoms with Crippen LogP contribution in [0.4, 0.5) is 9.59 Å². The van der Waals surface area contributed by atoms with E-state index in [0.717, 1.165) is 75.9 Å². The van der Waals surface area contributed by atoms with Crippen molar-refractivity contribution in [3.8, 4) is 33.6 Å². The largest absolute Gasteiger partial charge is 0.453 e. The number of methoxy groups -OCH3 is 1. The van der Waals surface area contributed by atoms with Crippen molar-refractivity contribution < 1.29 is 28.7 Å². The Hall–Kier alpha value is -6.96. The summed E-state index contributed by atoms with van der Waals surface area (Å²) in [6.07, 6.45) is 8.19. The lowest BCUT2D eigenvalue weighted by Gasteiger charge is -2.30. The number of aromatic amines is 2. The number of benzene rings is 4. The number of alkyl carbamates (subject to hydrolysis) is 1. The fraction of sp³-hybridized carbons (Fsp3) is 0.385. The maximum absolute atomic E-state index is 14.3. The van der Waals surface area contributed by atoms with Gasteiger partial charge in [0.15, 0.2) is 0 Å². The molecule has 3 fully saturated rings. The van der Waals surface area contributed by atoms with Gasteiger partial charge in [0, 0.05) is 38.3 Å². The lowest BCUT2D eigenvalue weighted by atomic mass is 9.80. The minimum absolute atomic E-state index is 0.108. The molecule has 4 amide bonds.